The van der Waals surface area contributed by atoms with Crippen molar-refractivity contribution in [3.05, 3.63) is 70.5 Å². The highest BCUT2D eigenvalue weighted by Gasteiger charge is 2.04. The maximum Gasteiger partial charge on any atom is 0.251 e. The summed E-state index contributed by atoms with van der Waals surface area (Å²) >= 11 is 5.82. The molecule has 0 saturated heterocycles. The SMILES string of the molecule is O=C(NCCc1ccc(F)cc1)c1cccc(Cl)c1. The summed E-state index contributed by atoms with van der Waals surface area (Å²) in [5.74, 6) is -0.420. The van der Waals surface area contributed by atoms with Gasteiger partial charge in [0.15, 0.2) is 0 Å². The van der Waals surface area contributed by atoms with Crippen LogP contribution in [0.5, 0.6) is 0 Å². The van der Waals surface area contributed by atoms with E-state index in [9.17, 15) is 9.18 Å². The molecule has 19 heavy (non-hydrogen) atoms. The van der Waals surface area contributed by atoms with E-state index in [4.69, 9.17) is 11.6 Å². The Morgan fingerprint density at radius 2 is 1.89 bits per heavy atom. The average Bonchev–Trinajstić information content (AvgIpc) is 2.41. The van der Waals surface area contributed by atoms with Crippen LogP contribution >= 0.6 is 11.6 Å². The molecule has 2 aromatic carbocycles. The maximum absolute atomic E-state index is 12.7. The second-order valence-corrected chi connectivity index (χ2v) is 4.58. The van der Waals surface area contributed by atoms with Gasteiger partial charge in [0.2, 0.25) is 0 Å². The molecule has 0 aliphatic carbocycles. The Kier molecular flexibility index (Phi) is 4.53. The van der Waals surface area contributed by atoms with Gasteiger partial charge in [0, 0.05) is 17.1 Å². The lowest BCUT2D eigenvalue weighted by atomic mass is 10.1. The number of rotatable bonds is 4. The summed E-state index contributed by atoms with van der Waals surface area (Å²) < 4.78 is 12.7. The molecule has 0 heterocycles. The summed E-state index contributed by atoms with van der Waals surface area (Å²) in [5, 5.41) is 3.33. The van der Waals surface area contributed by atoms with Gasteiger partial charge in [0.1, 0.15) is 5.82 Å². The van der Waals surface area contributed by atoms with Gasteiger partial charge in [-0.15, -0.1) is 0 Å². The van der Waals surface area contributed by atoms with E-state index in [2.05, 4.69) is 5.32 Å². The molecule has 0 bridgehead atoms. The molecule has 2 rings (SSSR count). The number of amides is 1. The van der Waals surface area contributed by atoms with Crippen molar-refractivity contribution in [1.29, 1.82) is 0 Å². The minimum absolute atomic E-state index is 0.162. The lowest BCUT2D eigenvalue weighted by Gasteiger charge is -2.05. The van der Waals surface area contributed by atoms with Crippen molar-refractivity contribution in [3.8, 4) is 0 Å². The summed E-state index contributed by atoms with van der Waals surface area (Å²) in [6.45, 7) is 0.497. The molecule has 0 aliphatic rings. The van der Waals surface area contributed by atoms with Gasteiger partial charge in [-0.05, 0) is 42.3 Å². The lowest BCUT2D eigenvalue weighted by molar-refractivity contribution is 0.0954. The summed E-state index contributed by atoms with van der Waals surface area (Å²) in [4.78, 5) is 11.8. The number of halogens is 2. The van der Waals surface area contributed by atoms with Crippen molar-refractivity contribution in [2.45, 2.75) is 6.42 Å². The first-order valence-corrected chi connectivity index (χ1v) is 6.31. The summed E-state index contributed by atoms with van der Waals surface area (Å²) in [6, 6.07) is 13.0. The molecule has 1 N–H and O–H groups in total. The fourth-order valence-electron chi connectivity index (χ4n) is 1.70. The molecule has 4 heteroatoms. The van der Waals surface area contributed by atoms with E-state index in [1.54, 1.807) is 36.4 Å². The first-order valence-electron chi connectivity index (χ1n) is 5.93. The van der Waals surface area contributed by atoms with Gasteiger partial charge in [-0.25, -0.2) is 4.39 Å². The van der Waals surface area contributed by atoms with E-state index in [0.717, 1.165) is 5.56 Å². The highest BCUT2D eigenvalue weighted by molar-refractivity contribution is 6.30. The summed E-state index contributed by atoms with van der Waals surface area (Å²) in [6.07, 6.45) is 0.659. The Labute approximate surface area is 116 Å². The molecule has 0 fully saturated rings. The van der Waals surface area contributed by atoms with Gasteiger partial charge >= 0.3 is 0 Å². The molecule has 0 aromatic heterocycles. The zero-order chi connectivity index (χ0) is 13.7. The molecule has 98 valence electrons. The Bertz CT molecular complexity index is 569. The highest BCUT2D eigenvalue weighted by atomic mass is 35.5. The first-order chi connectivity index (χ1) is 9.15. The van der Waals surface area contributed by atoms with Crippen molar-refractivity contribution in [1.82, 2.24) is 5.32 Å². The molecule has 0 radical (unpaired) electrons. The minimum atomic E-state index is -0.258. The van der Waals surface area contributed by atoms with Crippen molar-refractivity contribution in [2.75, 3.05) is 6.54 Å². The molecule has 1 amide bonds. The smallest absolute Gasteiger partial charge is 0.251 e. The molecular formula is C15H13ClFNO. The molecule has 0 unspecified atom stereocenters. The Morgan fingerprint density at radius 3 is 2.58 bits per heavy atom. The van der Waals surface area contributed by atoms with Gasteiger partial charge in [0.05, 0.1) is 0 Å². The van der Waals surface area contributed by atoms with E-state index in [-0.39, 0.29) is 11.7 Å². The van der Waals surface area contributed by atoms with Crippen LogP contribution in [0.3, 0.4) is 0 Å². The average molecular weight is 278 g/mol. The lowest BCUT2D eigenvalue weighted by Crippen LogP contribution is -2.25. The summed E-state index contributed by atoms with van der Waals surface area (Å²) in [7, 11) is 0. The van der Waals surface area contributed by atoms with Gasteiger partial charge in [-0.3, -0.25) is 4.79 Å². The monoisotopic (exact) mass is 277 g/mol. The van der Waals surface area contributed by atoms with Crippen LogP contribution in [-0.4, -0.2) is 12.5 Å². The van der Waals surface area contributed by atoms with Crippen LogP contribution in [0.4, 0.5) is 4.39 Å². The van der Waals surface area contributed by atoms with Crippen molar-refractivity contribution in [3.63, 3.8) is 0 Å². The molecule has 0 saturated carbocycles. The fraction of sp³-hybridized carbons (Fsp3) is 0.133. The van der Waals surface area contributed by atoms with E-state index < -0.39 is 0 Å². The standard InChI is InChI=1S/C15H13ClFNO/c16-13-3-1-2-12(10-13)15(19)18-9-8-11-4-6-14(17)7-5-11/h1-7,10H,8-9H2,(H,18,19). The molecule has 0 aliphatic heterocycles. The maximum atomic E-state index is 12.7. The second-order valence-electron chi connectivity index (χ2n) is 4.14. The van der Waals surface area contributed by atoms with Gasteiger partial charge < -0.3 is 5.32 Å². The number of hydrogen-bond acceptors (Lipinski definition) is 1. The Morgan fingerprint density at radius 1 is 1.16 bits per heavy atom. The predicted octanol–water partition coefficient (Wildman–Crippen LogP) is 3.45. The van der Waals surface area contributed by atoms with Gasteiger partial charge in [0.25, 0.3) is 5.91 Å². The molecular weight excluding hydrogens is 265 g/mol. The Hall–Kier alpha value is -1.87. The first kappa shape index (κ1) is 13.6. The third kappa shape index (κ3) is 4.07. The quantitative estimate of drug-likeness (QED) is 0.911. The molecule has 2 nitrogen and oxygen atoms in total. The van der Waals surface area contributed by atoms with Crippen LogP contribution in [0.2, 0.25) is 5.02 Å². The second kappa shape index (κ2) is 6.34. The van der Waals surface area contributed by atoms with Crippen LogP contribution in [0, 0.1) is 5.82 Å². The van der Waals surface area contributed by atoms with Crippen LogP contribution in [0.15, 0.2) is 48.5 Å². The van der Waals surface area contributed by atoms with E-state index in [1.807, 2.05) is 0 Å². The van der Waals surface area contributed by atoms with Crippen molar-refractivity contribution >= 4 is 17.5 Å². The molecule has 2 aromatic rings. The van der Waals surface area contributed by atoms with Gasteiger partial charge in [-0.2, -0.15) is 0 Å². The third-order valence-electron chi connectivity index (χ3n) is 2.70. The number of nitrogens with one attached hydrogen (secondary N) is 1. The third-order valence-corrected chi connectivity index (χ3v) is 2.93. The van der Waals surface area contributed by atoms with Crippen molar-refractivity contribution in [2.24, 2.45) is 0 Å². The summed E-state index contributed by atoms with van der Waals surface area (Å²) in [5.41, 5.74) is 1.51. The molecule has 0 spiro atoms. The Balaban J connectivity index is 1.86. The zero-order valence-electron chi connectivity index (χ0n) is 10.2. The fourth-order valence-corrected chi connectivity index (χ4v) is 1.89. The normalized spacial score (nSPS) is 10.2. The number of hydrogen-bond donors (Lipinski definition) is 1. The minimum Gasteiger partial charge on any atom is -0.352 e. The van der Waals surface area contributed by atoms with E-state index >= 15 is 0 Å². The van der Waals surface area contributed by atoms with Crippen LogP contribution in [0.25, 0.3) is 0 Å². The largest absolute Gasteiger partial charge is 0.352 e. The van der Waals surface area contributed by atoms with Crippen molar-refractivity contribution < 1.29 is 9.18 Å². The highest BCUT2D eigenvalue weighted by Crippen LogP contribution is 2.10. The molecule has 0 atom stereocenters. The predicted molar refractivity (Wildman–Crippen MR) is 73.9 cm³/mol. The number of benzene rings is 2. The topological polar surface area (TPSA) is 29.1 Å². The van der Waals surface area contributed by atoms with Crippen LogP contribution < -0.4 is 5.32 Å². The van der Waals surface area contributed by atoms with E-state index in [0.29, 0.717) is 23.6 Å². The number of carbonyl (C=O) groups excluding carboxylic acids is 1. The van der Waals surface area contributed by atoms with Crippen LogP contribution in [0.1, 0.15) is 15.9 Å². The van der Waals surface area contributed by atoms with Gasteiger partial charge in [-0.1, -0.05) is 29.8 Å². The van der Waals surface area contributed by atoms with E-state index in [1.165, 1.54) is 12.1 Å². The van der Waals surface area contributed by atoms with Crippen LogP contribution in [-0.2, 0) is 6.42 Å². The number of carbonyl (C=O) groups is 1. The zero-order valence-corrected chi connectivity index (χ0v) is 11.0.